The first-order chi connectivity index (χ1) is 5.69. The number of halogens is 1. The third-order valence-corrected chi connectivity index (χ3v) is 2.10. The lowest BCUT2D eigenvalue weighted by molar-refractivity contribution is 0.263. The van der Waals surface area contributed by atoms with E-state index < -0.39 is 0 Å². The van der Waals surface area contributed by atoms with Gasteiger partial charge in [-0.05, 0) is 13.1 Å². The first-order valence-corrected chi connectivity index (χ1v) is 4.09. The van der Waals surface area contributed by atoms with Crippen LogP contribution >= 0.6 is 11.6 Å². The highest BCUT2D eigenvalue weighted by molar-refractivity contribution is 6.30. The average molecular weight is 189 g/mol. The summed E-state index contributed by atoms with van der Waals surface area (Å²) in [4.78, 5) is 1.96. The van der Waals surface area contributed by atoms with Crippen LogP contribution in [0.1, 0.15) is 0 Å². The topological polar surface area (TPSA) is 24.5 Å². The first kappa shape index (κ1) is 9.42. The number of hydrogen-bond acceptors (Lipinski definition) is 3. The number of methoxy groups -OCH3 is 1. The van der Waals surface area contributed by atoms with E-state index in [-0.39, 0.29) is 6.17 Å². The Balaban J connectivity index is 2.81. The quantitative estimate of drug-likeness (QED) is 0.702. The van der Waals surface area contributed by atoms with Crippen molar-refractivity contribution in [1.82, 2.24) is 10.2 Å². The van der Waals surface area contributed by atoms with Crippen LogP contribution in [0.5, 0.6) is 0 Å². The Bertz CT molecular complexity index is 225. The second kappa shape index (κ2) is 3.83. The van der Waals surface area contributed by atoms with Gasteiger partial charge in [-0.3, -0.25) is 5.32 Å². The molecule has 0 aliphatic carbocycles. The van der Waals surface area contributed by atoms with Crippen molar-refractivity contribution in [2.45, 2.75) is 6.17 Å². The van der Waals surface area contributed by atoms with Crippen molar-refractivity contribution in [1.29, 1.82) is 0 Å². The molecule has 0 fully saturated rings. The molecule has 68 valence electrons. The van der Waals surface area contributed by atoms with Gasteiger partial charge in [-0.15, -0.1) is 0 Å². The Hall–Kier alpha value is -0.670. The fraction of sp³-hybridized carbons (Fsp3) is 0.500. The van der Waals surface area contributed by atoms with Gasteiger partial charge in [0.25, 0.3) is 0 Å². The molecule has 1 unspecified atom stereocenters. The fourth-order valence-corrected chi connectivity index (χ4v) is 1.55. The summed E-state index contributed by atoms with van der Waals surface area (Å²) in [5.41, 5.74) is 0. The van der Waals surface area contributed by atoms with Crippen LogP contribution in [0.4, 0.5) is 0 Å². The lowest BCUT2D eigenvalue weighted by atomic mass is 10.3. The third kappa shape index (κ3) is 1.73. The Morgan fingerprint density at radius 2 is 2.33 bits per heavy atom. The summed E-state index contributed by atoms with van der Waals surface area (Å²) >= 11 is 5.99. The number of likely N-dealkylation sites (N-methyl/N-ethyl adjacent to an activating group) is 2. The first-order valence-electron chi connectivity index (χ1n) is 3.71. The van der Waals surface area contributed by atoms with Crippen LogP contribution in [0.3, 0.4) is 0 Å². The van der Waals surface area contributed by atoms with E-state index in [1.54, 1.807) is 7.11 Å². The standard InChI is InChI=1S/C8H13ClN2O/c1-10-8-7(9)4-6(12-3)5-11(8)2/h4-5,8,10H,1-3H3. The molecule has 0 saturated heterocycles. The van der Waals surface area contributed by atoms with E-state index in [4.69, 9.17) is 16.3 Å². The minimum atomic E-state index is 0.0607. The van der Waals surface area contributed by atoms with Gasteiger partial charge in [0.15, 0.2) is 0 Å². The van der Waals surface area contributed by atoms with E-state index >= 15 is 0 Å². The Morgan fingerprint density at radius 3 is 2.75 bits per heavy atom. The molecule has 1 atom stereocenters. The van der Waals surface area contributed by atoms with Crippen molar-refractivity contribution >= 4 is 11.6 Å². The highest BCUT2D eigenvalue weighted by Gasteiger charge is 2.18. The molecule has 0 amide bonds. The van der Waals surface area contributed by atoms with E-state index in [9.17, 15) is 0 Å². The molecule has 1 aliphatic rings. The molecular weight excluding hydrogens is 176 g/mol. The molecule has 3 nitrogen and oxygen atoms in total. The van der Waals surface area contributed by atoms with Crippen LogP contribution in [-0.4, -0.2) is 32.3 Å². The van der Waals surface area contributed by atoms with E-state index in [2.05, 4.69) is 5.32 Å². The minimum absolute atomic E-state index is 0.0607. The van der Waals surface area contributed by atoms with Crippen molar-refractivity contribution in [2.75, 3.05) is 21.2 Å². The van der Waals surface area contributed by atoms with Crippen molar-refractivity contribution in [3.8, 4) is 0 Å². The number of rotatable bonds is 2. The number of ether oxygens (including phenoxy) is 1. The summed E-state index contributed by atoms with van der Waals surface area (Å²) in [5.74, 6) is 0.772. The molecule has 0 aromatic carbocycles. The maximum Gasteiger partial charge on any atom is 0.136 e. The number of nitrogens with one attached hydrogen (secondary N) is 1. The van der Waals surface area contributed by atoms with Crippen LogP contribution < -0.4 is 5.32 Å². The van der Waals surface area contributed by atoms with Gasteiger partial charge in [0.05, 0.1) is 12.1 Å². The molecule has 12 heavy (non-hydrogen) atoms. The van der Waals surface area contributed by atoms with Gasteiger partial charge in [0, 0.05) is 13.2 Å². The van der Waals surface area contributed by atoms with Crippen LogP contribution in [0, 0.1) is 0 Å². The predicted octanol–water partition coefficient (Wildman–Crippen LogP) is 1.09. The van der Waals surface area contributed by atoms with Gasteiger partial charge < -0.3 is 9.64 Å². The molecule has 4 heteroatoms. The van der Waals surface area contributed by atoms with Crippen LogP contribution in [0.25, 0.3) is 0 Å². The molecule has 0 spiro atoms. The summed E-state index contributed by atoms with van der Waals surface area (Å²) in [6.07, 6.45) is 3.76. The molecule has 0 aromatic rings. The van der Waals surface area contributed by atoms with Gasteiger partial charge in [-0.1, -0.05) is 11.6 Å². The monoisotopic (exact) mass is 188 g/mol. The predicted molar refractivity (Wildman–Crippen MR) is 49.6 cm³/mol. The summed E-state index contributed by atoms with van der Waals surface area (Å²) < 4.78 is 5.06. The molecule has 1 heterocycles. The van der Waals surface area contributed by atoms with Crippen molar-refractivity contribution < 1.29 is 4.74 Å². The maximum atomic E-state index is 5.99. The molecule has 0 radical (unpaired) electrons. The zero-order chi connectivity index (χ0) is 9.14. The highest BCUT2D eigenvalue weighted by Crippen LogP contribution is 2.20. The van der Waals surface area contributed by atoms with Gasteiger partial charge in [0.1, 0.15) is 11.9 Å². The summed E-state index contributed by atoms with van der Waals surface area (Å²) in [7, 11) is 5.43. The van der Waals surface area contributed by atoms with E-state index in [0.717, 1.165) is 10.8 Å². The van der Waals surface area contributed by atoms with Gasteiger partial charge in [0.2, 0.25) is 0 Å². The lowest BCUT2D eigenvalue weighted by Crippen LogP contribution is -2.40. The normalized spacial score (nSPS) is 23.3. The van der Waals surface area contributed by atoms with Gasteiger partial charge in [-0.25, -0.2) is 0 Å². The van der Waals surface area contributed by atoms with E-state index in [0.29, 0.717) is 0 Å². The summed E-state index contributed by atoms with van der Waals surface area (Å²) in [6, 6.07) is 0. The summed E-state index contributed by atoms with van der Waals surface area (Å²) in [5, 5.41) is 3.81. The second-order valence-corrected chi connectivity index (χ2v) is 3.06. The maximum absolute atomic E-state index is 5.99. The Kier molecular flexibility index (Phi) is 3.00. The molecule has 1 rings (SSSR count). The largest absolute Gasteiger partial charge is 0.495 e. The zero-order valence-electron chi connectivity index (χ0n) is 7.47. The Labute approximate surface area is 77.6 Å². The average Bonchev–Trinajstić information content (AvgIpc) is 2.03. The van der Waals surface area contributed by atoms with Gasteiger partial charge in [-0.2, -0.15) is 0 Å². The van der Waals surface area contributed by atoms with Gasteiger partial charge >= 0.3 is 0 Å². The molecule has 0 saturated carbocycles. The Morgan fingerprint density at radius 1 is 1.67 bits per heavy atom. The van der Waals surface area contributed by atoms with Crippen LogP contribution in [-0.2, 0) is 4.74 Å². The smallest absolute Gasteiger partial charge is 0.136 e. The SMILES string of the molecule is CNC1C(Cl)=CC(OC)=CN1C. The molecule has 1 aliphatic heterocycles. The number of allylic oxidation sites excluding steroid dienone is 1. The molecule has 0 aromatic heterocycles. The minimum Gasteiger partial charge on any atom is -0.495 e. The van der Waals surface area contributed by atoms with E-state index in [1.165, 1.54) is 0 Å². The lowest BCUT2D eigenvalue weighted by Gasteiger charge is -2.29. The van der Waals surface area contributed by atoms with Crippen LogP contribution in [0.2, 0.25) is 0 Å². The molecule has 0 bridgehead atoms. The van der Waals surface area contributed by atoms with E-state index in [1.807, 2.05) is 31.3 Å². The van der Waals surface area contributed by atoms with Crippen molar-refractivity contribution in [3.63, 3.8) is 0 Å². The zero-order valence-corrected chi connectivity index (χ0v) is 8.22. The fourth-order valence-electron chi connectivity index (χ4n) is 1.18. The third-order valence-electron chi connectivity index (χ3n) is 1.79. The molecule has 1 N–H and O–H groups in total. The van der Waals surface area contributed by atoms with Crippen molar-refractivity contribution in [2.24, 2.45) is 0 Å². The second-order valence-electron chi connectivity index (χ2n) is 2.62. The number of nitrogens with zero attached hydrogens (tertiary/aromatic N) is 1. The van der Waals surface area contributed by atoms with Crippen molar-refractivity contribution in [3.05, 3.63) is 23.1 Å². The number of hydrogen-bond donors (Lipinski definition) is 1. The van der Waals surface area contributed by atoms with Crippen LogP contribution in [0.15, 0.2) is 23.1 Å². The summed E-state index contributed by atoms with van der Waals surface area (Å²) in [6.45, 7) is 0. The highest BCUT2D eigenvalue weighted by atomic mass is 35.5. The molecular formula is C8H13ClN2O.